The number of aromatic amines is 1. The number of piperazine rings is 1. The third kappa shape index (κ3) is 3.61. The molecular formula is C21H19FN4O4. The topological polar surface area (TPSA) is 95.5 Å². The third-order valence-corrected chi connectivity index (χ3v) is 5.26. The lowest BCUT2D eigenvalue weighted by atomic mass is 10.1. The van der Waals surface area contributed by atoms with Gasteiger partial charge in [0.25, 0.3) is 11.5 Å². The van der Waals surface area contributed by atoms with Gasteiger partial charge in [-0.2, -0.15) is 0 Å². The van der Waals surface area contributed by atoms with Gasteiger partial charge in [-0.3, -0.25) is 23.9 Å². The summed E-state index contributed by atoms with van der Waals surface area (Å²) in [6, 6.07) is 10.8. The Morgan fingerprint density at radius 3 is 2.53 bits per heavy atom. The maximum Gasteiger partial charge on any atom is 0.329 e. The number of halogens is 1. The molecule has 0 unspecified atom stereocenters. The van der Waals surface area contributed by atoms with Crippen molar-refractivity contribution in [3.8, 4) is 0 Å². The standard InChI is InChI=1S/C21H19FN4O4/c22-17-6-5-14(11-16(17)20(29)25-9-7-24(13-27)8-10-25)12-26-18-4-2-1-3-15(18)19(28)23-21(26)30/h1-6,11,13H,7-10,12H2,(H,23,28,30). The number of fused-ring (bicyclic) bond motifs is 1. The van der Waals surface area contributed by atoms with E-state index in [1.54, 1.807) is 29.2 Å². The number of hydrogen-bond donors (Lipinski definition) is 1. The molecule has 1 fully saturated rings. The Kier molecular flexibility index (Phi) is 5.18. The highest BCUT2D eigenvalue weighted by Crippen LogP contribution is 2.17. The van der Waals surface area contributed by atoms with E-state index in [4.69, 9.17) is 0 Å². The molecule has 30 heavy (non-hydrogen) atoms. The first-order valence-electron chi connectivity index (χ1n) is 9.47. The van der Waals surface area contributed by atoms with Gasteiger partial charge >= 0.3 is 5.69 Å². The lowest BCUT2D eigenvalue weighted by molar-refractivity contribution is -0.119. The molecular weight excluding hydrogens is 391 g/mol. The molecule has 8 nitrogen and oxygen atoms in total. The van der Waals surface area contributed by atoms with Crippen LogP contribution in [0.5, 0.6) is 0 Å². The van der Waals surface area contributed by atoms with Crippen LogP contribution in [0, 0.1) is 5.82 Å². The number of carbonyl (C=O) groups excluding carboxylic acids is 2. The first kappa shape index (κ1) is 19.6. The van der Waals surface area contributed by atoms with Gasteiger partial charge < -0.3 is 9.80 Å². The van der Waals surface area contributed by atoms with Crippen molar-refractivity contribution in [3.63, 3.8) is 0 Å². The van der Waals surface area contributed by atoms with Gasteiger partial charge in [-0.15, -0.1) is 0 Å². The molecule has 0 aliphatic carbocycles. The number of nitrogens with zero attached hydrogens (tertiary/aromatic N) is 3. The summed E-state index contributed by atoms with van der Waals surface area (Å²) >= 11 is 0. The minimum Gasteiger partial charge on any atom is -0.342 e. The third-order valence-electron chi connectivity index (χ3n) is 5.26. The fourth-order valence-electron chi connectivity index (χ4n) is 3.62. The van der Waals surface area contributed by atoms with Crippen LogP contribution in [-0.4, -0.2) is 57.8 Å². The zero-order chi connectivity index (χ0) is 21.3. The van der Waals surface area contributed by atoms with Gasteiger partial charge in [0.05, 0.1) is 23.0 Å². The SMILES string of the molecule is O=CN1CCN(C(=O)c2cc(Cn3c(=O)[nH]c(=O)c4ccccc43)ccc2F)CC1. The fraction of sp³-hybridized carbons (Fsp3) is 0.238. The molecule has 1 aliphatic rings. The van der Waals surface area contributed by atoms with Gasteiger partial charge in [-0.1, -0.05) is 18.2 Å². The highest BCUT2D eigenvalue weighted by Gasteiger charge is 2.24. The van der Waals surface area contributed by atoms with Crippen LogP contribution in [0.4, 0.5) is 4.39 Å². The molecule has 1 aromatic heterocycles. The van der Waals surface area contributed by atoms with Crippen molar-refractivity contribution in [2.45, 2.75) is 6.54 Å². The second-order valence-electron chi connectivity index (χ2n) is 7.11. The van der Waals surface area contributed by atoms with Crippen LogP contribution in [0.25, 0.3) is 10.9 Å². The van der Waals surface area contributed by atoms with E-state index in [0.717, 1.165) is 6.41 Å². The normalized spacial score (nSPS) is 14.2. The van der Waals surface area contributed by atoms with Crippen LogP contribution in [0.3, 0.4) is 0 Å². The minimum atomic E-state index is -0.653. The number of carbonyl (C=O) groups is 2. The lowest BCUT2D eigenvalue weighted by Crippen LogP contribution is -2.48. The van der Waals surface area contributed by atoms with E-state index in [1.807, 2.05) is 0 Å². The number of rotatable bonds is 4. The second-order valence-corrected chi connectivity index (χ2v) is 7.11. The summed E-state index contributed by atoms with van der Waals surface area (Å²) in [4.78, 5) is 53.4. The van der Waals surface area contributed by atoms with Gasteiger partial charge in [-0.05, 0) is 29.8 Å². The van der Waals surface area contributed by atoms with E-state index in [2.05, 4.69) is 4.98 Å². The fourth-order valence-corrected chi connectivity index (χ4v) is 3.62. The summed E-state index contributed by atoms with van der Waals surface area (Å²) in [5.74, 6) is -1.11. The number of para-hydroxylation sites is 1. The first-order chi connectivity index (χ1) is 14.5. The molecule has 9 heteroatoms. The van der Waals surface area contributed by atoms with Crippen LogP contribution in [0.2, 0.25) is 0 Å². The highest BCUT2D eigenvalue weighted by atomic mass is 19.1. The summed E-state index contributed by atoms with van der Waals surface area (Å²) in [6.45, 7) is 1.51. The largest absolute Gasteiger partial charge is 0.342 e. The Morgan fingerprint density at radius 2 is 1.80 bits per heavy atom. The van der Waals surface area contributed by atoms with E-state index >= 15 is 0 Å². The van der Waals surface area contributed by atoms with Crippen molar-refractivity contribution in [2.75, 3.05) is 26.2 Å². The van der Waals surface area contributed by atoms with Crippen LogP contribution >= 0.6 is 0 Å². The Bertz CT molecular complexity index is 1240. The average molecular weight is 410 g/mol. The summed E-state index contributed by atoms with van der Waals surface area (Å²) in [5, 5.41) is 0.364. The molecule has 2 heterocycles. The Morgan fingerprint density at radius 1 is 1.07 bits per heavy atom. The highest BCUT2D eigenvalue weighted by molar-refractivity contribution is 5.94. The maximum absolute atomic E-state index is 14.4. The maximum atomic E-state index is 14.4. The first-order valence-corrected chi connectivity index (χ1v) is 9.47. The van der Waals surface area contributed by atoms with Gasteiger partial charge in [0.2, 0.25) is 6.41 Å². The van der Waals surface area contributed by atoms with E-state index in [-0.39, 0.29) is 12.1 Å². The summed E-state index contributed by atoms with van der Waals surface area (Å²) in [7, 11) is 0. The van der Waals surface area contributed by atoms with Crippen molar-refractivity contribution < 1.29 is 14.0 Å². The van der Waals surface area contributed by atoms with Crippen molar-refractivity contribution >= 4 is 23.2 Å². The smallest absolute Gasteiger partial charge is 0.329 e. The molecule has 0 atom stereocenters. The molecule has 4 rings (SSSR count). The molecule has 0 radical (unpaired) electrons. The number of benzene rings is 2. The molecule has 3 aromatic rings. The summed E-state index contributed by atoms with van der Waals surface area (Å²) < 4.78 is 15.8. The molecule has 1 saturated heterocycles. The van der Waals surface area contributed by atoms with Crippen LogP contribution < -0.4 is 11.2 Å². The van der Waals surface area contributed by atoms with Crippen LogP contribution in [0.1, 0.15) is 15.9 Å². The lowest BCUT2D eigenvalue weighted by Gasteiger charge is -2.32. The molecule has 1 N–H and O–H groups in total. The zero-order valence-electron chi connectivity index (χ0n) is 16.0. The van der Waals surface area contributed by atoms with E-state index < -0.39 is 23.0 Å². The molecule has 2 amide bonds. The van der Waals surface area contributed by atoms with Gasteiger partial charge in [-0.25, -0.2) is 9.18 Å². The predicted octanol–water partition coefficient (Wildman–Crippen LogP) is 0.791. The molecule has 0 bridgehead atoms. The van der Waals surface area contributed by atoms with E-state index in [1.165, 1.54) is 27.7 Å². The average Bonchev–Trinajstić information content (AvgIpc) is 2.77. The summed E-state index contributed by atoms with van der Waals surface area (Å²) in [6.07, 6.45) is 0.731. The monoisotopic (exact) mass is 410 g/mol. The van der Waals surface area contributed by atoms with Crippen molar-refractivity contribution in [1.82, 2.24) is 19.4 Å². The number of amides is 2. The molecule has 2 aromatic carbocycles. The molecule has 0 saturated carbocycles. The predicted molar refractivity (Wildman–Crippen MR) is 108 cm³/mol. The number of H-pyrrole nitrogens is 1. The number of nitrogens with one attached hydrogen (secondary N) is 1. The molecule has 0 spiro atoms. The van der Waals surface area contributed by atoms with Crippen molar-refractivity contribution in [2.24, 2.45) is 0 Å². The Labute approximate surface area is 170 Å². The van der Waals surface area contributed by atoms with Gasteiger partial charge in [0, 0.05) is 26.2 Å². The van der Waals surface area contributed by atoms with Crippen LogP contribution in [0.15, 0.2) is 52.1 Å². The molecule has 154 valence electrons. The Hall–Kier alpha value is -3.75. The number of aromatic nitrogens is 2. The zero-order valence-corrected chi connectivity index (χ0v) is 16.0. The minimum absolute atomic E-state index is 0.0651. The Balaban J connectivity index is 1.66. The van der Waals surface area contributed by atoms with Crippen LogP contribution in [-0.2, 0) is 11.3 Å². The van der Waals surface area contributed by atoms with Gasteiger partial charge in [0.15, 0.2) is 0 Å². The summed E-state index contributed by atoms with van der Waals surface area (Å²) in [5.41, 5.74) is -0.148. The molecule has 1 aliphatic heterocycles. The van der Waals surface area contributed by atoms with Crippen molar-refractivity contribution in [1.29, 1.82) is 0 Å². The second kappa shape index (κ2) is 7.94. The van der Waals surface area contributed by atoms with E-state index in [9.17, 15) is 23.6 Å². The number of hydrogen-bond acceptors (Lipinski definition) is 4. The van der Waals surface area contributed by atoms with E-state index in [0.29, 0.717) is 42.6 Å². The van der Waals surface area contributed by atoms with Gasteiger partial charge in [0.1, 0.15) is 5.82 Å². The quantitative estimate of drug-likeness (QED) is 0.644. The van der Waals surface area contributed by atoms with Crippen molar-refractivity contribution in [3.05, 3.63) is 80.2 Å².